The molecule has 0 aliphatic rings. The lowest BCUT2D eigenvalue weighted by Crippen LogP contribution is -2.53. The molecule has 0 spiro atoms. The van der Waals surface area contributed by atoms with Gasteiger partial charge in [0.1, 0.15) is 17.9 Å². The highest BCUT2D eigenvalue weighted by atomic mass is 19.1. The molecule has 2 amide bonds. The summed E-state index contributed by atoms with van der Waals surface area (Å²) in [5.41, 5.74) is 1.12. The van der Waals surface area contributed by atoms with E-state index in [2.05, 4.69) is 10.6 Å². The Balaban J connectivity index is 2.17. The predicted octanol–water partition coefficient (Wildman–Crippen LogP) is 1.77. The van der Waals surface area contributed by atoms with Crippen molar-refractivity contribution in [2.75, 3.05) is 7.11 Å². The molecule has 2 atom stereocenters. The van der Waals surface area contributed by atoms with Crippen LogP contribution in [0.5, 0.6) is 0 Å². The summed E-state index contributed by atoms with van der Waals surface area (Å²) in [6.07, 6.45) is 0.184. The SMILES string of the molecule is COC(=O)[C@@H](Cc1ccccc1F)NC(=O)[C@@H](Cc1ccccc1)NC(C)=O. The lowest BCUT2D eigenvalue weighted by Gasteiger charge is -2.22. The van der Waals surface area contributed by atoms with Crippen molar-refractivity contribution in [3.8, 4) is 0 Å². The first-order valence-electron chi connectivity index (χ1n) is 8.83. The van der Waals surface area contributed by atoms with Gasteiger partial charge in [-0.3, -0.25) is 9.59 Å². The molecule has 7 heteroatoms. The standard InChI is InChI=1S/C21H23FN2O4/c1-14(25)23-18(12-15-8-4-3-5-9-15)20(26)24-19(21(27)28-2)13-16-10-6-7-11-17(16)22/h3-11,18-19H,12-13H2,1-2H3,(H,23,25)(H,24,26)/t18-,19-/m1/s1. The molecule has 2 N–H and O–H groups in total. The van der Waals surface area contributed by atoms with Crippen molar-refractivity contribution in [3.05, 3.63) is 71.5 Å². The van der Waals surface area contributed by atoms with E-state index in [0.29, 0.717) is 0 Å². The Hall–Kier alpha value is -3.22. The average molecular weight is 386 g/mol. The molecular weight excluding hydrogens is 363 g/mol. The van der Waals surface area contributed by atoms with Crippen molar-refractivity contribution in [3.63, 3.8) is 0 Å². The quantitative estimate of drug-likeness (QED) is 0.678. The number of ether oxygens (including phenoxy) is 1. The molecule has 0 saturated carbocycles. The van der Waals surface area contributed by atoms with E-state index < -0.39 is 29.8 Å². The normalized spacial score (nSPS) is 12.5. The fourth-order valence-corrected chi connectivity index (χ4v) is 2.80. The number of hydrogen-bond donors (Lipinski definition) is 2. The molecule has 6 nitrogen and oxygen atoms in total. The number of methoxy groups -OCH3 is 1. The van der Waals surface area contributed by atoms with Crippen LogP contribution in [0.2, 0.25) is 0 Å². The van der Waals surface area contributed by atoms with Crippen LogP contribution in [-0.4, -0.2) is 37.0 Å². The number of amides is 2. The van der Waals surface area contributed by atoms with Crippen molar-refractivity contribution in [1.82, 2.24) is 10.6 Å². The van der Waals surface area contributed by atoms with Crippen molar-refractivity contribution in [1.29, 1.82) is 0 Å². The summed E-state index contributed by atoms with van der Waals surface area (Å²) in [5.74, 6) is -2.10. The Morgan fingerprint density at radius 2 is 1.57 bits per heavy atom. The van der Waals surface area contributed by atoms with E-state index in [1.807, 2.05) is 30.3 Å². The third kappa shape index (κ3) is 6.19. The second-order valence-corrected chi connectivity index (χ2v) is 6.32. The van der Waals surface area contributed by atoms with Gasteiger partial charge in [-0.1, -0.05) is 48.5 Å². The third-order valence-corrected chi connectivity index (χ3v) is 4.16. The summed E-state index contributed by atoms with van der Waals surface area (Å²) in [7, 11) is 1.19. The maximum absolute atomic E-state index is 14.0. The van der Waals surface area contributed by atoms with E-state index in [4.69, 9.17) is 4.74 Å². The molecule has 0 radical (unpaired) electrons. The Kier molecular flexibility index (Phi) is 7.68. The number of hydrogen-bond acceptors (Lipinski definition) is 4. The smallest absolute Gasteiger partial charge is 0.328 e. The number of halogens is 1. The third-order valence-electron chi connectivity index (χ3n) is 4.16. The second kappa shape index (κ2) is 10.2. The predicted molar refractivity (Wildman–Crippen MR) is 102 cm³/mol. The zero-order valence-corrected chi connectivity index (χ0v) is 15.8. The molecule has 2 rings (SSSR count). The van der Waals surface area contributed by atoms with Crippen LogP contribution < -0.4 is 10.6 Å². The first kappa shape index (κ1) is 21.1. The zero-order valence-electron chi connectivity index (χ0n) is 15.8. The van der Waals surface area contributed by atoms with Crippen LogP contribution in [0, 0.1) is 5.82 Å². The van der Waals surface area contributed by atoms with Crippen LogP contribution >= 0.6 is 0 Å². The summed E-state index contributed by atoms with van der Waals surface area (Å²) >= 11 is 0. The summed E-state index contributed by atoms with van der Waals surface area (Å²) in [6.45, 7) is 1.31. The molecule has 0 aliphatic heterocycles. The molecule has 0 bridgehead atoms. The van der Waals surface area contributed by atoms with Crippen molar-refractivity contribution in [2.24, 2.45) is 0 Å². The Bertz CT molecular complexity index is 826. The maximum Gasteiger partial charge on any atom is 0.328 e. The summed E-state index contributed by atoms with van der Waals surface area (Å²) in [4.78, 5) is 36.4. The molecule has 2 aromatic rings. The highest BCUT2D eigenvalue weighted by molar-refractivity contribution is 5.90. The van der Waals surface area contributed by atoms with Gasteiger partial charge in [0.2, 0.25) is 11.8 Å². The van der Waals surface area contributed by atoms with Gasteiger partial charge in [-0.25, -0.2) is 9.18 Å². The number of carbonyl (C=O) groups excluding carboxylic acids is 3. The summed E-state index contributed by atoms with van der Waals surface area (Å²) < 4.78 is 18.7. The zero-order chi connectivity index (χ0) is 20.5. The average Bonchev–Trinajstić information content (AvgIpc) is 2.68. The molecule has 0 unspecified atom stereocenters. The molecular formula is C21H23FN2O4. The van der Waals surface area contributed by atoms with Gasteiger partial charge in [0.15, 0.2) is 0 Å². The van der Waals surface area contributed by atoms with Gasteiger partial charge in [0.25, 0.3) is 0 Å². The van der Waals surface area contributed by atoms with Crippen LogP contribution in [0.3, 0.4) is 0 Å². The Labute approximate surface area is 163 Å². The first-order chi connectivity index (χ1) is 13.4. The van der Waals surface area contributed by atoms with Crippen LogP contribution in [0.4, 0.5) is 4.39 Å². The summed E-state index contributed by atoms with van der Waals surface area (Å²) in [5, 5.41) is 5.16. The molecule has 0 heterocycles. The van der Waals surface area contributed by atoms with Crippen molar-refractivity contribution >= 4 is 17.8 Å². The Morgan fingerprint density at radius 3 is 2.18 bits per heavy atom. The maximum atomic E-state index is 14.0. The van der Waals surface area contributed by atoms with E-state index in [0.717, 1.165) is 5.56 Å². The van der Waals surface area contributed by atoms with Gasteiger partial charge in [0, 0.05) is 19.8 Å². The van der Waals surface area contributed by atoms with E-state index >= 15 is 0 Å². The topological polar surface area (TPSA) is 84.5 Å². The Morgan fingerprint density at radius 1 is 0.929 bits per heavy atom. The number of esters is 1. The minimum atomic E-state index is -1.08. The fourth-order valence-electron chi connectivity index (χ4n) is 2.80. The van der Waals surface area contributed by atoms with Gasteiger partial charge >= 0.3 is 5.97 Å². The molecule has 0 aromatic heterocycles. The molecule has 0 saturated heterocycles. The van der Waals surface area contributed by atoms with Gasteiger partial charge in [-0.05, 0) is 17.2 Å². The number of nitrogens with one attached hydrogen (secondary N) is 2. The van der Waals surface area contributed by atoms with Gasteiger partial charge in [-0.2, -0.15) is 0 Å². The van der Waals surface area contributed by atoms with E-state index in [-0.39, 0.29) is 24.3 Å². The van der Waals surface area contributed by atoms with Crippen LogP contribution in [0.25, 0.3) is 0 Å². The number of carbonyl (C=O) groups is 3. The van der Waals surface area contributed by atoms with E-state index in [1.54, 1.807) is 6.07 Å². The largest absolute Gasteiger partial charge is 0.467 e. The molecule has 0 fully saturated rings. The molecule has 2 aromatic carbocycles. The van der Waals surface area contributed by atoms with E-state index in [9.17, 15) is 18.8 Å². The molecule has 0 aliphatic carbocycles. The minimum Gasteiger partial charge on any atom is -0.467 e. The van der Waals surface area contributed by atoms with Crippen molar-refractivity contribution < 1.29 is 23.5 Å². The van der Waals surface area contributed by atoms with Gasteiger partial charge in [0.05, 0.1) is 7.11 Å². The van der Waals surface area contributed by atoms with Gasteiger partial charge in [-0.15, -0.1) is 0 Å². The number of benzene rings is 2. The summed E-state index contributed by atoms with van der Waals surface area (Å²) in [6, 6.07) is 13.2. The van der Waals surface area contributed by atoms with Crippen LogP contribution in [-0.2, 0) is 32.0 Å². The number of rotatable bonds is 8. The lowest BCUT2D eigenvalue weighted by molar-refractivity contribution is -0.145. The highest BCUT2D eigenvalue weighted by Crippen LogP contribution is 2.11. The second-order valence-electron chi connectivity index (χ2n) is 6.32. The lowest BCUT2D eigenvalue weighted by atomic mass is 10.0. The van der Waals surface area contributed by atoms with Crippen molar-refractivity contribution in [2.45, 2.75) is 31.8 Å². The first-order valence-corrected chi connectivity index (χ1v) is 8.83. The van der Waals surface area contributed by atoms with Gasteiger partial charge < -0.3 is 15.4 Å². The van der Waals surface area contributed by atoms with Crippen LogP contribution in [0.15, 0.2) is 54.6 Å². The highest BCUT2D eigenvalue weighted by Gasteiger charge is 2.27. The molecule has 28 heavy (non-hydrogen) atoms. The molecule has 148 valence electrons. The van der Waals surface area contributed by atoms with Crippen LogP contribution in [0.1, 0.15) is 18.1 Å². The fraction of sp³-hybridized carbons (Fsp3) is 0.286. The van der Waals surface area contributed by atoms with E-state index in [1.165, 1.54) is 32.2 Å². The monoisotopic (exact) mass is 386 g/mol. The minimum absolute atomic E-state index is 0.0663.